The highest BCUT2D eigenvalue weighted by molar-refractivity contribution is 7.18. The Hall–Kier alpha value is -0.970. The second kappa shape index (κ2) is 5.19. The van der Waals surface area contributed by atoms with E-state index in [2.05, 4.69) is 48.5 Å². The third-order valence-electron chi connectivity index (χ3n) is 3.85. The first-order valence-electron chi connectivity index (χ1n) is 6.88. The maximum atomic E-state index is 4.71. The van der Waals surface area contributed by atoms with Gasteiger partial charge in [0.15, 0.2) is 0 Å². The number of para-hydroxylation sites is 1. The molecule has 0 radical (unpaired) electrons. The van der Waals surface area contributed by atoms with Crippen molar-refractivity contribution in [2.45, 2.75) is 19.9 Å². The van der Waals surface area contributed by atoms with Crippen LogP contribution in [-0.2, 0) is 6.54 Å². The smallest absolute Gasteiger partial charge is 0.108 e. The largest absolute Gasteiger partial charge is 0.316 e. The van der Waals surface area contributed by atoms with Crippen molar-refractivity contribution in [3.8, 4) is 0 Å². The zero-order valence-corrected chi connectivity index (χ0v) is 12.5. The third kappa shape index (κ3) is 2.96. The number of rotatable bonds is 4. The van der Waals surface area contributed by atoms with E-state index < -0.39 is 0 Å². The molecule has 1 atom stereocenters. The summed E-state index contributed by atoms with van der Waals surface area (Å²) in [6, 6.07) is 8.39. The Morgan fingerprint density at radius 3 is 3.00 bits per heavy atom. The average Bonchev–Trinajstić information content (AvgIpc) is 2.94. The predicted molar refractivity (Wildman–Crippen MR) is 81.5 cm³/mol. The Balaban J connectivity index is 1.67. The lowest BCUT2D eigenvalue weighted by Crippen LogP contribution is -2.34. The van der Waals surface area contributed by atoms with Gasteiger partial charge in [0.2, 0.25) is 0 Å². The van der Waals surface area contributed by atoms with Crippen molar-refractivity contribution in [1.29, 1.82) is 0 Å². The minimum absolute atomic E-state index is 0.422. The van der Waals surface area contributed by atoms with E-state index in [1.54, 1.807) is 0 Å². The van der Waals surface area contributed by atoms with Crippen molar-refractivity contribution in [3.63, 3.8) is 0 Å². The molecule has 3 nitrogen and oxygen atoms in total. The van der Waals surface area contributed by atoms with Gasteiger partial charge in [-0.05, 0) is 37.6 Å². The van der Waals surface area contributed by atoms with Gasteiger partial charge in [0, 0.05) is 13.1 Å². The molecule has 0 aliphatic carbocycles. The minimum Gasteiger partial charge on any atom is -0.316 e. The van der Waals surface area contributed by atoms with Gasteiger partial charge in [0.05, 0.1) is 16.8 Å². The molecular formula is C15H21N3S. The maximum absolute atomic E-state index is 4.71. The number of thiazole rings is 1. The fraction of sp³-hybridized carbons (Fsp3) is 0.533. The van der Waals surface area contributed by atoms with Crippen LogP contribution in [0, 0.1) is 5.41 Å². The molecule has 2 heterocycles. The van der Waals surface area contributed by atoms with E-state index >= 15 is 0 Å². The van der Waals surface area contributed by atoms with Gasteiger partial charge in [0.25, 0.3) is 0 Å². The van der Waals surface area contributed by atoms with Crippen LogP contribution in [0.5, 0.6) is 0 Å². The monoisotopic (exact) mass is 275 g/mol. The van der Waals surface area contributed by atoms with Gasteiger partial charge in [0.1, 0.15) is 5.01 Å². The lowest BCUT2D eigenvalue weighted by molar-refractivity contribution is 0.203. The van der Waals surface area contributed by atoms with E-state index in [0.29, 0.717) is 5.41 Å². The average molecular weight is 275 g/mol. The third-order valence-corrected chi connectivity index (χ3v) is 4.87. The number of nitrogens with one attached hydrogen (secondary N) is 1. The molecule has 1 N–H and O–H groups in total. The van der Waals surface area contributed by atoms with Crippen LogP contribution in [0.15, 0.2) is 24.3 Å². The molecule has 0 spiro atoms. The molecule has 1 aromatic carbocycles. The van der Waals surface area contributed by atoms with Gasteiger partial charge in [-0.25, -0.2) is 4.98 Å². The summed E-state index contributed by atoms with van der Waals surface area (Å²) >= 11 is 1.81. The topological polar surface area (TPSA) is 28.2 Å². The van der Waals surface area contributed by atoms with Crippen LogP contribution >= 0.6 is 11.3 Å². The molecule has 1 aliphatic rings. The zero-order chi connectivity index (χ0) is 13.3. The van der Waals surface area contributed by atoms with E-state index in [1.165, 1.54) is 16.1 Å². The molecule has 0 amide bonds. The SMILES string of the molecule is CN(Cc1nc2ccccc2s1)CC1(C)CCNC1. The summed E-state index contributed by atoms with van der Waals surface area (Å²) in [7, 11) is 2.20. The second-order valence-corrected chi connectivity index (χ2v) is 7.10. The molecule has 0 saturated carbocycles. The molecule has 4 heteroatoms. The van der Waals surface area contributed by atoms with Crippen LogP contribution in [0.3, 0.4) is 0 Å². The molecule has 1 fully saturated rings. The molecule has 3 rings (SSSR count). The van der Waals surface area contributed by atoms with Gasteiger partial charge >= 0.3 is 0 Å². The van der Waals surface area contributed by atoms with Crippen molar-refractivity contribution in [1.82, 2.24) is 15.2 Å². The first kappa shape index (κ1) is 13.0. The van der Waals surface area contributed by atoms with Crippen molar-refractivity contribution < 1.29 is 0 Å². The number of nitrogens with zero attached hydrogens (tertiary/aromatic N) is 2. The van der Waals surface area contributed by atoms with Crippen molar-refractivity contribution in [3.05, 3.63) is 29.3 Å². The molecule has 102 valence electrons. The molecule has 1 aliphatic heterocycles. The Kier molecular flexibility index (Phi) is 3.56. The highest BCUT2D eigenvalue weighted by atomic mass is 32.1. The van der Waals surface area contributed by atoms with Crippen molar-refractivity contribution >= 4 is 21.6 Å². The number of benzene rings is 1. The number of hydrogen-bond donors (Lipinski definition) is 1. The van der Waals surface area contributed by atoms with Gasteiger partial charge in [-0.15, -0.1) is 11.3 Å². The van der Waals surface area contributed by atoms with E-state index in [4.69, 9.17) is 4.98 Å². The Morgan fingerprint density at radius 1 is 1.42 bits per heavy atom. The normalized spacial score (nSPS) is 23.5. The fourth-order valence-electron chi connectivity index (χ4n) is 2.93. The predicted octanol–water partition coefficient (Wildman–Crippen LogP) is 2.73. The van der Waals surface area contributed by atoms with Crippen LogP contribution < -0.4 is 5.32 Å². The van der Waals surface area contributed by atoms with Crippen LogP contribution in [0.2, 0.25) is 0 Å². The van der Waals surface area contributed by atoms with Gasteiger partial charge in [-0.2, -0.15) is 0 Å². The summed E-state index contributed by atoms with van der Waals surface area (Å²) in [5, 5.41) is 4.68. The van der Waals surface area contributed by atoms with E-state index in [9.17, 15) is 0 Å². The van der Waals surface area contributed by atoms with Crippen LogP contribution in [-0.4, -0.2) is 36.6 Å². The molecular weight excluding hydrogens is 254 g/mol. The van der Waals surface area contributed by atoms with Gasteiger partial charge in [-0.1, -0.05) is 19.1 Å². The summed E-state index contributed by atoms with van der Waals surface area (Å²) in [6.07, 6.45) is 1.27. The molecule has 0 bridgehead atoms. The molecule has 1 aromatic heterocycles. The summed E-state index contributed by atoms with van der Waals surface area (Å²) in [5.74, 6) is 0. The quantitative estimate of drug-likeness (QED) is 0.930. The number of hydrogen-bond acceptors (Lipinski definition) is 4. The highest BCUT2D eigenvalue weighted by Gasteiger charge is 2.29. The van der Waals surface area contributed by atoms with Gasteiger partial charge in [-0.3, -0.25) is 4.90 Å². The Labute approximate surface area is 118 Å². The zero-order valence-electron chi connectivity index (χ0n) is 11.6. The van der Waals surface area contributed by atoms with E-state index in [0.717, 1.165) is 31.7 Å². The fourth-order valence-corrected chi connectivity index (χ4v) is 3.98. The van der Waals surface area contributed by atoms with Gasteiger partial charge < -0.3 is 5.32 Å². The summed E-state index contributed by atoms with van der Waals surface area (Å²) in [5.41, 5.74) is 1.55. The molecule has 19 heavy (non-hydrogen) atoms. The first-order valence-corrected chi connectivity index (χ1v) is 7.70. The highest BCUT2D eigenvalue weighted by Crippen LogP contribution is 2.27. The first-order chi connectivity index (χ1) is 9.15. The molecule has 1 unspecified atom stereocenters. The van der Waals surface area contributed by atoms with Crippen molar-refractivity contribution in [2.24, 2.45) is 5.41 Å². The molecule has 1 saturated heterocycles. The summed E-state index contributed by atoms with van der Waals surface area (Å²) in [4.78, 5) is 7.12. The standard InChI is InChI=1S/C15H21N3S/c1-15(7-8-16-10-15)11-18(2)9-14-17-12-5-3-4-6-13(12)19-14/h3-6,16H,7-11H2,1-2H3. The molecule has 2 aromatic rings. The lowest BCUT2D eigenvalue weighted by Gasteiger charge is -2.28. The Bertz CT molecular complexity index is 524. The van der Waals surface area contributed by atoms with Crippen LogP contribution in [0.1, 0.15) is 18.4 Å². The Morgan fingerprint density at radius 2 is 2.26 bits per heavy atom. The van der Waals surface area contributed by atoms with Crippen molar-refractivity contribution in [2.75, 3.05) is 26.7 Å². The number of aromatic nitrogens is 1. The maximum Gasteiger partial charge on any atom is 0.108 e. The minimum atomic E-state index is 0.422. The summed E-state index contributed by atoms with van der Waals surface area (Å²) < 4.78 is 1.29. The second-order valence-electron chi connectivity index (χ2n) is 5.99. The number of fused-ring (bicyclic) bond motifs is 1. The van der Waals surface area contributed by atoms with Crippen LogP contribution in [0.25, 0.3) is 10.2 Å². The summed E-state index contributed by atoms with van der Waals surface area (Å²) in [6.45, 7) is 6.76. The lowest BCUT2D eigenvalue weighted by atomic mass is 9.89. The van der Waals surface area contributed by atoms with E-state index in [1.807, 2.05) is 11.3 Å². The van der Waals surface area contributed by atoms with Crippen LogP contribution in [0.4, 0.5) is 0 Å². The van der Waals surface area contributed by atoms with E-state index in [-0.39, 0.29) is 0 Å².